The van der Waals surface area contributed by atoms with E-state index in [-0.39, 0.29) is 10.6 Å². The average Bonchev–Trinajstić information content (AvgIpc) is 2.93. The standard InChI is InChI=1S/C20H16F2N2O4S/c1-2-28-16-6-4-3-5-12(16)9-17-19(26)24(20(27)29-17)11-18(25)23-15-8-7-13(21)10-14(15)22/h3-10H,2,11H2,1H3,(H,23,25)/b17-9+. The van der Waals surface area contributed by atoms with Crippen molar-refractivity contribution in [3.05, 3.63) is 64.6 Å². The fourth-order valence-electron chi connectivity index (χ4n) is 2.59. The van der Waals surface area contributed by atoms with Gasteiger partial charge in [-0.25, -0.2) is 8.78 Å². The molecule has 0 unspecified atom stereocenters. The molecule has 1 fully saturated rings. The minimum Gasteiger partial charge on any atom is -0.493 e. The van der Waals surface area contributed by atoms with Crippen molar-refractivity contribution in [3.8, 4) is 5.75 Å². The molecule has 29 heavy (non-hydrogen) atoms. The largest absolute Gasteiger partial charge is 0.493 e. The summed E-state index contributed by atoms with van der Waals surface area (Å²) in [4.78, 5) is 37.8. The third-order valence-corrected chi connectivity index (χ3v) is 4.79. The predicted molar refractivity (Wildman–Crippen MR) is 105 cm³/mol. The third-order valence-electron chi connectivity index (χ3n) is 3.89. The van der Waals surface area contributed by atoms with Gasteiger partial charge in [0, 0.05) is 11.6 Å². The van der Waals surface area contributed by atoms with Crippen molar-refractivity contribution in [2.75, 3.05) is 18.5 Å². The van der Waals surface area contributed by atoms with Crippen LogP contribution in [0.4, 0.5) is 19.3 Å². The number of imide groups is 1. The van der Waals surface area contributed by atoms with Gasteiger partial charge < -0.3 is 10.1 Å². The first kappa shape index (κ1) is 20.5. The highest BCUT2D eigenvalue weighted by atomic mass is 32.2. The number of rotatable bonds is 6. The highest BCUT2D eigenvalue weighted by molar-refractivity contribution is 8.18. The summed E-state index contributed by atoms with van der Waals surface area (Å²) in [5.74, 6) is -2.61. The van der Waals surface area contributed by atoms with Gasteiger partial charge in [0.25, 0.3) is 11.1 Å². The minimum atomic E-state index is -0.958. The van der Waals surface area contributed by atoms with Crippen molar-refractivity contribution >= 4 is 40.6 Å². The molecule has 1 N–H and O–H groups in total. The van der Waals surface area contributed by atoms with Gasteiger partial charge in [0.2, 0.25) is 5.91 Å². The lowest BCUT2D eigenvalue weighted by Gasteiger charge is -2.13. The fourth-order valence-corrected chi connectivity index (χ4v) is 3.42. The molecule has 1 saturated heterocycles. The maximum atomic E-state index is 13.7. The second-order valence-electron chi connectivity index (χ2n) is 5.91. The zero-order valence-corrected chi connectivity index (χ0v) is 16.1. The van der Waals surface area contributed by atoms with Gasteiger partial charge >= 0.3 is 0 Å². The van der Waals surface area contributed by atoms with Crippen LogP contribution >= 0.6 is 11.8 Å². The molecule has 0 bridgehead atoms. The first-order valence-corrected chi connectivity index (χ1v) is 9.42. The van der Waals surface area contributed by atoms with Gasteiger partial charge in [0.1, 0.15) is 23.9 Å². The molecule has 1 aliphatic rings. The van der Waals surface area contributed by atoms with E-state index in [1.54, 1.807) is 24.3 Å². The third kappa shape index (κ3) is 4.80. The van der Waals surface area contributed by atoms with Crippen molar-refractivity contribution in [1.82, 2.24) is 4.90 Å². The van der Waals surface area contributed by atoms with Crippen molar-refractivity contribution in [2.24, 2.45) is 0 Å². The summed E-state index contributed by atoms with van der Waals surface area (Å²) in [6.45, 7) is 1.67. The number of amides is 3. The molecule has 9 heteroatoms. The number of halogens is 2. The maximum absolute atomic E-state index is 13.7. The Kier molecular flexibility index (Phi) is 6.28. The number of ether oxygens (including phenoxy) is 1. The molecule has 3 amide bonds. The van der Waals surface area contributed by atoms with Gasteiger partial charge in [-0.1, -0.05) is 18.2 Å². The summed E-state index contributed by atoms with van der Waals surface area (Å²) in [5.41, 5.74) is 0.377. The van der Waals surface area contributed by atoms with Crippen LogP contribution in [-0.4, -0.2) is 35.1 Å². The van der Waals surface area contributed by atoms with E-state index in [1.807, 2.05) is 6.92 Å². The monoisotopic (exact) mass is 418 g/mol. The van der Waals surface area contributed by atoms with Crippen molar-refractivity contribution in [2.45, 2.75) is 6.92 Å². The van der Waals surface area contributed by atoms with Crippen LogP contribution in [0.25, 0.3) is 6.08 Å². The number of carbonyl (C=O) groups is 3. The molecule has 3 rings (SSSR count). The van der Waals surface area contributed by atoms with Crippen molar-refractivity contribution in [1.29, 1.82) is 0 Å². The number of anilines is 1. The lowest BCUT2D eigenvalue weighted by molar-refractivity contribution is -0.127. The first-order chi connectivity index (χ1) is 13.9. The maximum Gasteiger partial charge on any atom is 0.294 e. The summed E-state index contributed by atoms with van der Waals surface area (Å²) < 4.78 is 32.1. The summed E-state index contributed by atoms with van der Waals surface area (Å²) in [7, 11) is 0. The highest BCUT2D eigenvalue weighted by Gasteiger charge is 2.36. The van der Waals surface area contributed by atoms with Gasteiger partial charge in [-0.2, -0.15) is 0 Å². The summed E-state index contributed by atoms with van der Waals surface area (Å²) >= 11 is 0.696. The van der Waals surface area contributed by atoms with Crippen molar-refractivity contribution < 1.29 is 27.9 Å². The van der Waals surface area contributed by atoms with E-state index in [4.69, 9.17) is 4.74 Å². The van der Waals surface area contributed by atoms with Crippen LogP contribution in [0, 0.1) is 11.6 Å². The van der Waals surface area contributed by atoms with E-state index >= 15 is 0 Å². The Morgan fingerprint density at radius 2 is 1.97 bits per heavy atom. The number of benzene rings is 2. The Morgan fingerprint density at radius 1 is 1.21 bits per heavy atom. The second-order valence-corrected chi connectivity index (χ2v) is 6.90. The van der Waals surface area contributed by atoms with Crippen LogP contribution in [0.2, 0.25) is 0 Å². The molecule has 150 valence electrons. The van der Waals surface area contributed by atoms with Crippen LogP contribution in [0.3, 0.4) is 0 Å². The normalized spacial score (nSPS) is 15.1. The number of carbonyl (C=O) groups excluding carboxylic acids is 3. The van der Waals surface area contributed by atoms with E-state index in [0.29, 0.717) is 35.7 Å². The summed E-state index contributed by atoms with van der Waals surface area (Å²) in [6, 6.07) is 9.69. The van der Waals surface area contributed by atoms with E-state index in [9.17, 15) is 23.2 Å². The van der Waals surface area contributed by atoms with Gasteiger partial charge in [0.05, 0.1) is 17.2 Å². The molecule has 0 aliphatic carbocycles. The Morgan fingerprint density at radius 3 is 2.69 bits per heavy atom. The molecule has 0 radical (unpaired) electrons. The minimum absolute atomic E-state index is 0.142. The zero-order valence-electron chi connectivity index (χ0n) is 15.3. The topological polar surface area (TPSA) is 75.7 Å². The number of thioether (sulfide) groups is 1. The van der Waals surface area contributed by atoms with E-state index < -0.39 is 35.2 Å². The number of hydrogen-bond donors (Lipinski definition) is 1. The molecular formula is C20H16F2N2O4S. The fraction of sp³-hybridized carbons (Fsp3) is 0.150. The molecule has 1 heterocycles. The van der Waals surface area contributed by atoms with Gasteiger partial charge in [0.15, 0.2) is 0 Å². The number of para-hydroxylation sites is 1. The predicted octanol–water partition coefficient (Wildman–Crippen LogP) is 4.04. The molecule has 2 aromatic carbocycles. The summed E-state index contributed by atoms with van der Waals surface area (Å²) in [6.07, 6.45) is 1.52. The van der Waals surface area contributed by atoms with E-state index in [1.165, 1.54) is 6.08 Å². The van der Waals surface area contributed by atoms with Gasteiger partial charge in [-0.3, -0.25) is 19.3 Å². The number of hydrogen-bond acceptors (Lipinski definition) is 5. The van der Waals surface area contributed by atoms with Crippen LogP contribution in [0.5, 0.6) is 5.75 Å². The SMILES string of the molecule is CCOc1ccccc1/C=C1/SC(=O)N(CC(=O)Nc2ccc(F)cc2F)C1=O. The average molecular weight is 418 g/mol. The first-order valence-electron chi connectivity index (χ1n) is 8.61. The quantitative estimate of drug-likeness (QED) is 0.717. The molecule has 0 aromatic heterocycles. The Labute approximate surface area is 169 Å². The van der Waals surface area contributed by atoms with Crippen LogP contribution in [0.15, 0.2) is 47.4 Å². The Bertz CT molecular complexity index is 1010. The lowest BCUT2D eigenvalue weighted by atomic mass is 10.2. The smallest absolute Gasteiger partial charge is 0.294 e. The van der Waals surface area contributed by atoms with E-state index in [0.717, 1.165) is 17.0 Å². The lowest BCUT2D eigenvalue weighted by Crippen LogP contribution is -2.36. The molecule has 1 aliphatic heterocycles. The second kappa shape index (κ2) is 8.87. The zero-order chi connectivity index (χ0) is 21.0. The molecule has 0 atom stereocenters. The molecular weight excluding hydrogens is 402 g/mol. The number of nitrogens with one attached hydrogen (secondary N) is 1. The Hall–Kier alpha value is -3.20. The summed E-state index contributed by atoms with van der Waals surface area (Å²) in [5, 5.41) is 1.60. The van der Waals surface area contributed by atoms with Crippen LogP contribution in [-0.2, 0) is 9.59 Å². The highest BCUT2D eigenvalue weighted by Crippen LogP contribution is 2.34. The van der Waals surface area contributed by atoms with Crippen LogP contribution in [0.1, 0.15) is 12.5 Å². The van der Waals surface area contributed by atoms with E-state index in [2.05, 4.69) is 5.32 Å². The molecule has 0 saturated carbocycles. The van der Waals surface area contributed by atoms with Crippen LogP contribution < -0.4 is 10.1 Å². The molecule has 0 spiro atoms. The number of nitrogens with zero attached hydrogens (tertiary/aromatic N) is 1. The molecule has 6 nitrogen and oxygen atoms in total. The Balaban J connectivity index is 1.73. The molecule has 2 aromatic rings. The van der Waals surface area contributed by atoms with Crippen molar-refractivity contribution in [3.63, 3.8) is 0 Å². The van der Waals surface area contributed by atoms with Gasteiger partial charge in [-0.15, -0.1) is 0 Å². The van der Waals surface area contributed by atoms with Gasteiger partial charge in [-0.05, 0) is 43.0 Å².